The molecule has 0 aromatic heterocycles. The van der Waals surface area contributed by atoms with Crippen LogP contribution in [0.2, 0.25) is 0 Å². The first kappa shape index (κ1) is 14.5. The van der Waals surface area contributed by atoms with Gasteiger partial charge in [0.25, 0.3) is 0 Å². The summed E-state index contributed by atoms with van der Waals surface area (Å²) in [7, 11) is 0. The van der Waals surface area contributed by atoms with Crippen molar-refractivity contribution in [2.45, 2.75) is 36.7 Å². The molecule has 0 N–H and O–H groups in total. The van der Waals surface area contributed by atoms with E-state index in [0.29, 0.717) is 11.7 Å². The van der Waals surface area contributed by atoms with Gasteiger partial charge in [0, 0.05) is 12.3 Å². The number of carbonyl (C=O) groups is 1. The Bertz CT molecular complexity index is 465. The summed E-state index contributed by atoms with van der Waals surface area (Å²) in [5.74, 6) is 3.62. The van der Waals surface area contributed by atoms with E-state index in [1.165, 1.54) is 29.9 Å². The van der Waals surface area contributed by atoms with Gasteiger partial charge in [0.05, 0.1) is 4.08 Å². The molecular weight excluding hydrogens is 284 g/mol. The smallest absolute Gasteiger partial charge is 0.136 e. The average molecular weight is 306 g/mol. The molecule has 1 saturated heterocycles. The van der Waals surface area contributed by atoms with E-state index in [1.807, 2.05) is 0 Å². The van der Waals surface area contributed by atoms with Crippen molar-refractivity contribution in [3.8, 4) is 0 Å². The second kappa shape index (κ2) is 6.15. The zero-order valence-electron chi connectivity index (χ0n) is 12.0. The Morgan fingerprint density at radius 3 is 2.50 bits per heavy atom. The van der Waals surface area contributed by atoms with Crippen LogP contribution in [0.3, 0.4) is 0 Å². The van der Waals surface area contributed by atoms with Crippen LogP contribution in [0, 0.1) is 11.8 Å². The molecule has 20 heavy (non-hydrogen) atoms. The number of rotatable bonds is 2. The van der Waals surface area contributed by atoms with E-state index in [2.05, 4.69) is 60.8 Å². The molecule has 2 aliphatic rings. The molecule has 3 rings (SSSR count). The van der Waals surface area contributed by atoms with Crippen molar-refractivity contribution in [1.29, 1.82) is 0 Å². The van der Waals surface area contributed by atoms with Crippen LogP contribution in [-0.2, 0) is 8.87 Å². The van der Waals surface area contributed by atoms with Gasteiger partial charge in [-0.15, -0.1) is 23.5 Å². The second-order valence-corrected chi connectivity index (χ2v) is 8.78. The van der Waals surface area contributed by atoms with Gasteiger partial charge in [0.2, 0.25) is 0 Å². The fourth-order valence-electron chi connectivity index (χ4n) is 3.53. The minimum atomic E-state index is 0.106. The van der Waals surface area contributed by atoms with Crippen LogP contribution in [0.1, 0.15) is 38.2 Å². The Hall–Kier alpha value is -0.410. The molecule has 0 radical (unpaired) electrons. The molecule has 2 atom stereocenters. The lowest BCUT2D eigenvalue weighted by atomic mass is 9.75. The number of carbonyl (C=O) groups excluding carboxylic acids is 1. The summed E-state index contributed by atoms with van der Waals surface area (Å²) < 4.78 is 0.106. The van der Waals surface area contributed by atoms with Crippen molar-refractivity contribution in [3.63, 3.8) is 0 Å². The largest absolute Gasteiger partial charge is 0.299 e. The Kier molecular flexibility index (Phi) is 4.46. The van der Waals surface area contributed by atoms with Gasteiger partial charge in [-0.3, -0.25) is 4.79 Å². The molecule has 3 heteroatoms. The Morgan fingerprint density at radius 2 is 1.80 bits per heavy atom. The number of hydrogen-bond donors (Lipinski definition) is 0. The lowest BCUT2D eigenvalue weighted by molar-refractivity contribution is -0.126. The Labute approximate surface area is 130 Å². The first-order valence-corrected chi connectivity index (χ1v) is 9.57. The molecule has 0 amide bonds. The lowest BCUT2D eigenvalue weighted by Crippen LogP contribution is -2.40. The molecular formula is C17H22OS2. The minimum absolute atomic E-state index is 0.106. The van der Waals surface area contributed by atoms with Crippen LogP contribution in [0.5, 0.6) is 0 Å². The van der Waals surface area contributed by atoms with E-state index in [9.17, 15) is 4.79 Å². The van der Waals surface area contributed by atoms with Gasteiger partial charge >= 0.3 is 0 Å². The van der Waals surface area contributed by atoms with Crippen molar-refractivity contribution in [3.05, 3.63) is 35.9 Å². The maximum absolute atomic E-state index is 12.2. The fourth-order valence-corrected chi connectivity index (χ4v) is 7.41. The van der Waals surface area contributed by atoms with Gasteiger partial charge in [-0.2, -0.15) is 0 Å². The van der Waals surface area contributed by atoms with Crippen LogP contribution < -0.4 is 0 Å². The highest BCUT2D eigenvalue weighted by Gasteiger charge is 2.47. The number of hydrogen-bond acceptors (Lipinski definition) is 3. The minimum Gasteiger partial charge on any atom is -0.299 e. The zero-order chi connectivity index (χ0) is 14.0. The summed E-state index contributed by atoms with van der Waals surface area (Å²) in [6.45, 7) is 2.16. The third-order valence-corrected chi connectivity index (χ3v) is 8.26. The van der Waals surface area contributed by atoms with Crippen LogP contribution in [0.15, 0.2) is 30.3 Å². The molecule has 1 aromatic rings. The molecule has 1 saturated carbocycles. The summed E-state index contributed by atoms with van der Waals surface area (Å²) >= 11 is 4.17. The maximum atomic E-state index is 12.2. The van der Waals surface area contributed by atoms with Crippen molar-refractivity contribution in [2.75, 3.05) is 11.5 Å². The summed E-state index contributed by atoms with van der Waals surface area (Å²) in [5.41, 5.74) is 1.42. The fraction of sp³-hybridized carbons (Fsp3) is 0.588. The van der Waals surface area contributed by atoms with Crippen LogP contribution in [0.25, 0.3) is 0 Å². The normalized spacial score (nSPS) is 30.1. The monoisotopic (exact) mass is 306 g/mol. The van der Waals surface area contributed by atoms with Crippen LogP contribution >= 0.6 is 23.5 Å². The number of Topliss-reactive ketones (excluding diaryl/α,β-unsaturated/α-hetero) is 1. The molecule has 108 valence electrons. The van der Waals surface area contributed by atoms with Crippen molar-refractivity contribution in [2.24, 2.45) is 11.8 Å². The van der Waals surface area contributed by atoms with Crippen molar-refractivity contribution >= 4 is 29.3 Å². The first-order chi connectivity index (χ1) is 9.74. The SMILES string of the molecule is CC1C(=O)CCCC1C1(c2ccccc2)SCCCS1. The topological polar surface area (TPSA) is 17.1 Å². The third-order valence-electron chi connectivity index (χ3n) is 4.64. The molecule has 1 aliphatic carbocycles. The van der Waals surface area contributed by atoms with Crippen LogP contribution in [0.4, 0.5) is 0 Å². The summed E-state index contributed by atoms with van der Waals surface area (Å²) in [6, 6.07) is 10.9. The van der Waals surface area contributed by atoms with Gasteiger partial charge in [-0.1, -0.05) is 37.3 Å². The van der Waals surface area contributed by atoms with Gasteiger partial charge in [0.1, 0.15) is 5.78 Å². The standard InChI is InChI=1S/C17H22OS2/c1-13-15(9-5-10-16(13)18)17(19-11-6-12-20-17)14-7-3-2-4-8-14/h2-4,7-8,13,15H,5-6,9-12H2,1H3. The van der Waals surface area contributed by atoms with Crippen molar-refractivity contribution < 1.29 is 4.79 Å². The van der Waals surface area contributed by atoms with Gasteiger partial charge in [-0.05, 0) is 42.2 Å². The third kappa shape index (κ3) is 2.55. The number of thioether (sulfide) groups is 2. The second-order valence-electron chi connectivity index (χ2n) is 5.84. The van der Waals surface area contributed by atoms with E-state index >= 15 is 0 Å². The predicted molar refractivity (Wildman–Crippen MR) is 89.2 cm³/mol. The molecule has 1 heterocycles. The van der Waals surface area contributed by atoms with E-state index in [4.69, 9.17) is 0 Å². The van der Waals surface area contributed by atoms with E-state index in [0.717, 1.165) is 12.8 Å². The number of ketones is 1. The molecule has 1 aliphatic heterocycles. The molecule has 0 bridgehead atoms. The van der Waals surface area contributed by atoms with Gasteiger partial charge in [0.15, 0.2) is 0 Å². The quantitative estimate of drug-likeness (QED) is 0.787. The summed E-state index contributed by atoms with van der Waals surface area (Å²) in [6.07, 6.45) is 4.35. The molecule has 0 spiro atoms. The van der Waals surface area contributed by atoms with Gasteiger partial charge in [-0.25, -0.2) is 0 Å². The predicted octanol–water partition coefficient (Wildman–Crippen LogP) is 4.71. The first-order valence-electron chi connectivity index (χ1n) is 7.60. The summed E-state index contributed by atoms with van der Waals surface area (Å²) in [5, 5.41) is 0. The molecule has 2 fully saturated rings. The highest BCUT2D eigenvalue weighted by atomic mass is 32.2. The van der Waals surface area contributed by atoms with E-state index < -0.39 is 0 Å². The zero-order valence-corrected chi connectivity index (χ0v) is 13.6. The summed E-state index contributed by atoms with van der Waals surface area (Å²) in [4.78, 5) is 12.2. The molecule has 1 nitrogen and oxygen atoms in total. The number of benzene rings is 1. The Morgan fingerprint density at radius 1 is 1.10 bits per heavy atom. The van der Waals surface area contributed by atoms with Crippen LogP contribution in [-0.4, -0.2) is 17.3 Å². The lowest BCUT2D eigenvalue weighted by Gasteiger charge is -2.46. The highest BCUT2D eigenvalue weighted by Crippen LogP contribution is 2.59. The van der Waals surface area contributed by atoms with E-state index in [1.54, 1.807) is 0 Å². The van der Waals surface area contributed by atoms with Crippen molar-refractivity contribution in [1.82, 2.24) is 0 Å². The van der Waals surface area contributed by atoms with Gasteiger partial charge < -0.3 is 0 Å². The van der Waals surface area contributed by atoms with E-state index in [-0.39, 0.29) is 10.00 Å². The molecule has 1 aromatic carbocycles. The highest BCUT2D eigenvalue weighted by molar-refractivity contribution is 8.18. The molecule has 2 unspecified atom stereocenters. The maximum Gasteiger partial charge on any atom is 0.136 e. The Balaban J connectivity index is 1.99. The average Bonchev–Trinajstić information content (AvgIpc) is 2.51.